The Labute approximate surface area is 164 Å². The van der Waals surface area contributed by atoms with E-state index in [2.05, 4.69) is 10.3 Å². The summed E-state index contributed by atoms with van der Waals surface area (Å²) in [7, 11) is 0. The molecule has 0 unspecified atom stereocenters. The molecule has 142 valence electrons. The Morgan fingerprint density at radius 2 is 2.11 bits per heavy atom. The van der Waals surface area contributed by atoms with Gasteiger partial charge in [-0.3, -0.25) is 19.7 Å². The number of hydrogen-bond acceptors (Lipinski definition) is 7. The molecule has 1 aliphatic heterocycles. The summed E-state index contributed by atoms with van der Waals surface area (Å²) in [5.74, 6) is -0.644. The summed E-state index contributed by atoms with van der Waals surface area (Å²) in [5, 5.41) is 15.8. The fraction of sp³-hybridized carbons (Fsp3) is 0.353. The van der Waals surface area contributed by atoms with Crippen molar-refractivity contribution in [2.24, 2.45) is 0 Å². The highest BCUT2D eigenvalue weighted by Gasteiger charge is 2.21. The number of nitro benzene ring substituents is 1. The highest BCUT2D eigenvalue weighted by Crippen LogP contribution is 2.36. The van der Waals surface area contributed by atoms with Gasteiger partial charge in [0.1, 0.15) is 0 Å². The van der Waals surface area contributed by atoms with E-state index in [0.717, 1.165) is 18.5 Å². The van der Waals surface area contributed by atoms with E-state index < -0.39 is 10.8 Å². The summed E-state index contributed by atoms with van der Waals surface area (Å²) in [6, 6.07) is 4.29. The van der Waals surface area contributed by atoms with E-state index >= 15 is 0 Å². The van der Waals surface area contributed by atoms with Crippen LogP contribution in [-0.2, 0) is 4.79 Å². The zero-order valence-corrected chi connectivity index (χ0v) is 16.3. The van der Waals surface area contributed by atoms with Crippen LogP contribution < -0.4 is 5.32 Å². The number of nitrogens with one attached hydrogen (secondary N) is 1. The van der Waals surface area contributed by atoms with Crippen molar-refractivity contribution in [1.82, 2.24) is 15.2 Å². The lowest BCUT2D eigenvalue weighted by molar-refractivity contribution is -0.387. The third-order valence-electron chi connectivity index (χ3n) is 4.07. The summed E-state index contributed by atoms with van der Waals surface area (Å²) in [6.45, 7) is 3.16. The molecule has 1 fully saturated rings. The predicted molar refractivity (Wildman–Crippen MR) is 102 cm³/mol. The summed E-state index contributed by atoms with van der Waals surface area (Å²) >= 11 is 2.60. The Morgan fingerprint density at radius 1 is 1.37 bits per heavy atom. The quantitative estimate of drug-likeness (QED) is 0.584. The van der Waals surface area contributed by atoms with E-state index in [1.165, 1.54) is 41.3 Å². The summed E-state index contributed by atoms with van der Waals surface area (Å²) in [4.78, 5) is 41.6. The molecule has 0 atom stereocenters. The predicted octanol–water partition coefficient (Wildman–Crippen LogP) is 2.86. The fourth-order valence-corrected chi connectivity index (χ4v) is 4.58. The van der Waals surface area contributed by atoms with Gasteiger partial charge in [0.2, 0.25) is 5.91 Å². The molecule has 10 heteroatoms. The maximum atomic E-state index is 12.3. The molecule has 1 saturated heterocycles. The molecule has 2 amide bonds. The largest absolute Gasteiger partial charge is 0.343 e. The molecule has 0 radical (unpaired) electrons. The minimum absolute atomic E-state index is 0.110. The minimum Gasteiger partial charge on any atom is -0.343 e. The minimum atomic E-state index is -0.519. The number of nitrogens with zero attached hydrogens (tertiary/aromatic N) is 3. The molecule has 2 heterocycles. The van der Waals surface area contributed by atoms with Gasteiger partial charge in [0.15, 0.2) is 4.34 Å². The molecule has 0 aliphatic carbocycles. The Kier molecular flexibility index (Phi) is 6.07. The highest BCUT2D eigenvalue weighted by atomic mass is 32.2. The zero-order chi connectivity index (χ0) is 19.4. The lowest BCUT2D eigenvalue weighted by Crippen LogP contribution is -2.38. The number of carbonyl (C=O) groups is 2. The summed E-state index contributed by atoms with van der Waals surface area (Å²) in [5.41, 5.74) is 0.839. The maximum absolute atomic E-state index is 12.3. The molecular formula is C17H18N4O4S2. The Bertz CT molecular complexity index is 878. The molecule has 27 heavy (non-hydrogen) atoms. The first-order valence-electron chi connectivity index (χ1n) is 8.38. The third-order valence-corrected chi connectivity index (χ3v) is 6.19. The maximum Gasteiger partial charge on any atom is 0.284 e. The number of aromatic nitrogens is 1. The first-order chi connectivity index (χ1) is 12.9. The number of benzene rings is 1. The molecule has 1 aromatic heterocycles. The molecule has 1 aliphatic rings. The average molecular weight is 406 g/mol. The first kappa shape index (κ1) is 19.3. The van der Waals surface area contributed by atoms with Gasteiger partial charge in [0.05, 0.1) is 16.4 Å². The first-order valence-corrected chi connectivity index (χ1v) is 10.1. The van der Waals surface area contributed by atoms with E-state index in [1.807, 2.05) is 12.3 Å². The number of aryl methyl sites for hydroxylation is 1. The van der Waals surface area contributed by atoms with Gasteiger partial charge in [-0.25, -0.2) is 4.98 Å². The monoisotopic (exact) mass is 406 g/mol. The SMILES string of the molecule is Cc1csc(Sc2ccc(C(=O)NCC(=O)N3CCCC3)cc2[N+](=O)[O-])n1. The number of amides is 2. The van der Waals surface area contributed by atoms with Crippen LogP contribution in [0.4, 0.5) is 5.69 Å². The van der Waals surface area contributed by atoms with E-state index in [-0.39, 0.29) is 23.7 Å². The molecule has 1 aromatic carbocycles. The molecule has 0 bridgehead atoms. The molecule has 1 N–H and O–H groups in total. The van der Waals surface area contributed by atoms with Gasteiger partial charge < -0.3 is 10.2 Å². The van der Waals surface area contributed by atoms with Gasteiger partial charge in [-0.05, 0) is 31.9 Å². The van der Waals surface area contributed by atoms with Crippen molar-refractivity contribution >= 4 is 40.6 Å². The van der Waals surface area contributed by atoms with Gasteiger partial charge in [0.25, 0.3) is 11.6 Å². The lowest BCUT2D eigenvalue weighted by Gasteiger charge is -2.15. The van der Waals surface area contributed by atoms with E-state index in [0.29, 0.717) is 22.3 Å². The number of thiazole rings is 1. The van der Waals surface area contributed by atoms with Crippen LogP contribution in [0.5, 0.6) is 0 Å². The van der Waals surface area contributed by atoms with Crippen molar-refractivity contribution in [2.75, 3.05) is 19.6 Å². The third kappa shape index (κ3) is 4.83. The topological polar surface area (TPSA) is 105 Å². The number of hydrogen-bond donors (Lipinski definition) is 1. The Balaban J connectivity index is 1.69. The van der Waals surface area contributed by atoms with Crippen LogP contribution in [0.1, 0.15) is 28.9 Å². The lowest BCUT2D eigenvalue weighted by atomic mass is 10.2. The van der Waals surface area contributed by atoms with Crippen LogP contribution in [0.2, 0.25) is 0 Å². The number of nitro groups is 1. The van der Waals surface area contributed by atoms with Crippen molar-refractivity contribution in [2.45, 2.75) is 29.0 Å². The van der Waals surface area contributed by atoms with Crippen molar-refractivity contribution in [3.8, 4) is 0 Å². The number of rotatable bonds is 6. The van der Waals surface area contributed by atoms with Crippen molar-refractivity contribution < 1.29 is 14.5 Å². The smallest absolute Gasteiger partial charge is 0.284 e. The summed E-state index contributed by atoms with van der Waals surface area (Å²) < 4.78 is 0.698. The molecule has 0 saturated carbocycles. The van der Waals surface area contributed by atoms with E-state index in [1.54, 1.807) is 4.90 Å². The molecule has 0 spiro atoms. The Morgan fingerprint density at radius 3 is 2.74 bits per heavy atom. The van der Waals surface area contributed by atoms with Crippen molar-refractivity contribution in [3.05, 3.63) is 45.0 Å². The van der Waals surface area contributed by atoms with Gasteiger partial charge in [0, 0.05) is 35.8 Å². The van der Waals surface area contributed by atoms with Crippen molar-refractivity contribution in [1.29, 1.82) is 0 Å². The van der Waals surface area contributed by atoms with Gasteiger partial charge in [-0.1, -0.05) is 11.8 Å². The van der Waals surface area contributed by atoms with Crippen LogP contribution in [0.25, 0.3) is 0 Å². The average Bonchev–Trinajstić information content (AvgIpc) is 3.31. The molecule has 8 nitrogen and oxygen atoms in total. The number of likely N-dealkylation sites (tertiary alicyclic amines) is 1. The standard InChI is InChI=1S/C17H18N4O4S2/c1-11-10-26-17(19-11)27-14-5-4-12(8-13(14)21(24)25)16(23)18-9-15(22)20-6-2-3-7-20/h4-5,8,10H,2-3,6-7,9H2,1H3,(H,18,23). The fourth-order valence-electron chi connectivity index (χ4n) is 2.70. The summed E-state index contributed by atoms with van der Waals surface area (Å²) in [6.07, 6.45) is 1.95. The second-order valence-electron chi connectivity index (χ2n) is 6.07. The number of carbonyl (C=O) groups excluding carboxylic acids is 2. The second kappa shape index (κ2) is 8.49. The zero-order valence-electron chi connectivity index (χ0n) is 14.6. The van der Waals surface area contributed by atoms with Crippen LogP contribution in [0, 0.1) is 17.0 Å². The molecule has 2 aromatic rings. The van der Waals surface area contributed by atoms with E-state index in [4.69, 9.17) is 0 Å². The van der Waals surface area contributed by atoms with E-state index in [9.17, 15) is 19.7 Å². The van der Waals surface area contributed by atoms with Crippen LogP contribution in [-0.4, -0.2) is 46.3 Å². The van der Waals surface area contributed by atoms with Crippen LogP contribution in [0.3, 0.4) is 0 Å². The highest BCUT2D eigenvalue weighted by molar-refractivity contribution is 8.01. The molecular weight excluding hydrogens is 388 g/mol. The van der Waals surface area contributed by atoms with Gasteiger partial charge in [-0.15, -0.1) is 11.3 Å². The van der Waals surface area contributed by atoms with Gasteiger partial charge >= 0.3 is 0 Å². The normalized spacial score (nSPS) is 13.6. The van der Waals surface area contributed by atoms with Gasteiger partial charge in [-0.2, -0.15) is 0 Å². The van der Waals surface area contributed by atoms with Crippen LogP contribution in [0.15, 0.2) is 32.8 Å². The second-order valence-corrected chi connectivity index (χ2v) is 8.21. The van der Waals surface area contributed by atoms with Crippen LogP contribution >= 0.6 is 23.1 Å². The Hall–Kier alpha value is -2.46. The molecule has 3 rings (SSSR count). The van der Waals surface area contributed by atoms with Crippen molar-refractivity contribution in [3.63, 3.8) is 0 Å².